The molecule has 2 fully saturated rings. The number of nitrogens with one attached hydrogen (secondary N) is 1. The van der Waals surface area contributed by atoms with Gasteiger partial charge in [-0.25, -0.2) is 0 Å². The van der Waals surface area contributed by atoms with Gasteiger partial charge in [0.1, 0.15) is 0 Å². The first-order valence-corrected chi connectivity index (χ1v) is 9.15. The van der Waals surface area contributed by atoms with Crippen LogP contribution < -0.4 is 5.32 Å². The normalized spacial score (nSPS) is 34.5. The summed E-state index contributed by atoms with van der Waals surface area (Å²) in [5.41, 5.74) is 0.621. The van der Waals surface area contributed by atoms with E-state index in [1.54, 1.807) is 0 Å². The van der Waals surface area contributed by atoms with E-state index in [0.717, 1.165) is 24.5 Å². The highest BCUT2D eigenvalue weighted by Crippen LogP contribution is 2.40. The minimum absolute atomic E-state index is 0.621. The van der Waals surface area contributed by atoms with Crippen molar-refractivity contribution in [2.24, 2.45) is 11.3 Å². The molecule has 1 aliphatic heterocycles. The molecule has 0 aromatic carbocycles. The van der Waals surface area contributed by atoms with Gasteiger partial charge in [0.2, 0.25) is 0 Å². The average molecular weight is 280 g/mol. The first-order valence-electron chi connectivity index (χ1n) is 9.15. The Labute approximate surface area is 126 Å². The van der Waals surface area contributed by atoms with Gasteiger partial charge in [-0.3, -0.25) is 4.90 Å². The fourth-order valence-corrected chi connectivity index (χ4v) is 4.59. The minimum Gasteiger partial charge on any atom is -0.313 e. The fraction of sp³-hybridized carbons (Fsp3) is 1.00. The lowest BCUT2D eigenvalue weighted by Gasteiger charge is -2.42. The third-order valence-electron chi connectivity index (χ3n) is 6.41. The van der Waals surface area contributed by atoms with Gasteiger partial charge in [-0.2, -0.15) is 0 Å². The second-order valence-electron chi connectivity index (χ2n) is 7.25. The summed E-state index contributed by atoms with van der Waals surface area (Å²) in [6, 6.07) is 1.54. The molecule has 1 aliphatic carbocycles. The summed E-state index contributed by atoms with van der Waals surface area (Å²) < 4.78 is 0. The van der Waals surface area contributed by atoms with Crippen LogP contribution in [0.3, 0.4) is 0 Å². The van der Waals surface area contributed by atoms with Crippen molar-refractivity contribution in [1.29, 1.82) is 0 Å². The van der Waals surface area contributed by atoms with Crippen molar-refractivity contribution in [1.82, 2.24) is 10.2 Å². The van der Waals surface area contributed by atoms with Gasteiger partial charge in [-0.15, -0.1) is 0 Å². The molecule has 2 heteroatoms. The maximum atomic E-state index is 3.78. The van der Waals surface area contributed by atoms with E-state index in [4.69, 9.17) is 0 Å². The van der Waals surface area contributed by atoms with Crippen molar-refractivity contribution < 1.29 is 0 Å². The molecule has 118 valence electrons. The molecule has 3 unspecified atom stereocenters. The number of likely N-dealkylation sites (N-methyl/N-ethyl adjacent to an activating group) is 1. The quantitative estimate of drug-likeness (QED) is 0.789. The molecule has 2 aliphatic rings. The lowest BCUT2D eigenvalue weighted by molar-refractivity contribution is 0.103. The monoisotopic (exact) mass is 280 g/mol. The highest BCUT2D eigenvalue weighted by molar-refractivity contribution is 4.97. The van der Waals surface area contributed by atoms with Gasteiger partial charge in [-0.1, -0.05) is 34.1 Å². The van der Waals surface area contributed by atoms with E-state index in [0.29, 0.717) is 5.41 Å². The highest BCUT2D eigenvalue weighted by atomic mass is 15.2. The van der Waals surface area contributed by atoms with Crippen LogP contribution in [-0.2, 0) is 0 Å². The highest BCUT2D eigenvalue weighted by Gasteiger charge is 2.41. The molecular formula is C18H36N2. The summed E-state index contributed by atoms with van der Waals surface area (Å²) in [7, 11) is 0. The number of nitrogens with zero attached hydrogens (tertiary/aromatic N) is 1. The molecule has 0 aromatic heterocycles. The SMILES string of the molecule is CCNC1CCC(CC)CC1N1CCC(CC)(CC)C1. The van der Waals surface area contributed by atoms with E-state index in [1.807, 2.05) is 0 Å². The van der Waals surface area contributed by atoms with Crippen LogP contribution in [0.1, 0.15) is 72.6 Å². The molecule has 2 nitrogen and oxygen atoms in total. The van der Waals surface area contributed by atoms with E-state index < -0.39 is 0 Å². The summed E-state index contributed by atoms with van der Waals surface area (Å²) in [5.74, 6) is 0.966. The molecule has 2 rings (SSSR count). The summed E-state index contributed by atoms with van der Waals surface area (Å²) in [6.45, 7) is 13.2. The minimum atomic E-state index is 0.621. The van der Waals surface area contributed by atoms with Crippen molar-refractivity contribution in [2.45, 2.75) is 84.7 Å². The predicted octanol–water partition coefficient (Wildman–Crippen LogP) is 4.06. The molecule has 20 heavy (non-hydrogen) atoms. The Morgan fingerprint density at radius 3 is 2.40 bits per heavy atom. The number of hydrogen-bond donors (Lipinski definition) is 1. The van der Waals surface area contributed by atoms with E-state index in [2.05, 4.69) is 37.9 Å². The number of hydrogen-bond acceptors (Lipinski definition) is 2. The van der Waals surface area contributed by atoms with Gasteiger partial charge < -0.3 is 5.32 Å². The maximum absolute atomic E-state index is 3.78. The van der Waals surface area contributed by atoms with E-state index in [1.165, 1.54) is 58.0 Å². The van der Waals surface area contributed by atoms with Crippen LogP contribution in [0.2, 0.25) is 0 Å². The molecule has 0 spiro atoms. The van der Waals surface area contributed by atoms with Crippen molar-refractivity contribution in [3.63, 3.8) is 0 Å². The molecule has 0 amide bonds. The van der Waals surface area contributed by atoms with Crippen LogP contribution in [0.15, 0.2) is 0 Å². The Hall–Kier alpha value is -0.0800. The molecule has 0 radical (unpaired) electrons. The topological polar surface area (TPSA) is 15.3 Å². The van der Waals surface area contributed by atoms with Crippen molar-refractivity contribution in [3.8, 4) is 0 Å². The van der Waals surface area contributed by atoms with Crippen LogP contribution >= 0.6 is 0 Å². The van der Waals surface area contributed by atoms with Crippen molar-refractivity contribution in [2.75, 3.05) is 19.6 Å². The number of rotatable bonds is 6. The van der Waals surface area contributed by atoms with E-state index in [9.17, 15) is 0 Å². The lowest BCUT2D eigenvalue weighted by Crippen LogP contribution is -2.53. The smallest absolute Gasteiger partial charge is 0.0252 e. The molecule has 1 heterocycles. The van der Waals surface area contributed by atoms with Crippen LogP contribution in [0.4, 0.5) is 0 Å². The van der Waals surface area contributed by atoms with Crippen molar-refractivity contribution >= 4 is 0 Å². The predicted molar refractivity (Wildman–Crippen MR) is 88.1 cm³/mol. The number of likely N-dealkylation sites (tertiary alicyclic amines) is 1. The first kappa shape index (κ1) is 16.3. The van der Waals surface area contributed by atoms with Crippen molar-refractivity contribution in [3.05, 3.63) is 0 Å². The largest absolute Gasteiger partial charge is 0.313 e. The van der Waals surface area contributed by atoms with Crippen LogP contribution in [0.5, 0.6) is 0 Å². The maximum Gasteiger partial charge on any atom is 0.0252 e. The van der Waals surface area contributed by atoms with Crippen LogP contribution in [0.25, 0.3) is 0 Å². The van der Waals surface area contributed by atoms with Gasteiger partial charge in [-0.05, 0) is 62.9 Å². The van der Waals surface area contributed by atoms with Crippen LogP contribution in [0, 0.1) is 11.3 Å². The lowest BCUT2D eigenvalue weighted by atomic mass is 9.79. The summed E-state index contributed by atoms with van der Waals surface area (Å²) in [5, 5.41) is 3.78. The average Bonchev–Trinajstić information content (AvgIpc) is 2.93. The zero-order chi connectivity index (χ0) is 14.6. The molecule has 1 N–H and O–H groups in total. The molecule has 1 saturated carbocycles. The fourth-order valence-electron chi connectivity index (χ4n) is 4.59. The molecule has 0 aromatic rings. The molecular weight excluding hydrogens is 244 g/mol. The van der Waals surface area contributed by atoms with Gasteiger partial charge in [0.25, 0.3) is 0 Å². The van der Waals surface area contributed by atoms with Gasteiger partial charge in [0.05, 0.1) is 0 Å². The van der Waals surface area contributed by atoms with Crippen LogP contribution in [-0.4, -0.2) is 36.6 Å². The second kappa shape index (κ2) is 7.26. The second-order valence-corrected chi connectivity index (χ2v) is 7.25. The standard InChI is InChI=1S/C18H36N2/c1-5-15-9-10-16(19-8-4)17(13-15)20-12-11-18(6-2,7-3)14-20/h15-17,19H,5-14H2,1-4H3. The van der Waals surface area contributed by atoms with Gasteiger partial charge >= 0.3 is 0 Å². The third kappa shape index (κ3) is 3.39. The Morgan fingerprint density at radius 1 is 1.10 bits per heavy atom. The van der Waals surface area contributed by atoms with Gasteiger partial charge in [0, 0.05) is 18.6 Å². The zero-order valence-corrected chi connectivity index (χ0v) is 14.3. The molecule has 0 bridgehead atoms. The van der Waals surface area contributed by atoms with E-state index >= 15 is 0 Å². The Balaban J connectivity index is 2.03. The third-order valence-corrected chi connectivity index (χ3v) is 6.41. The van der Waals surface area contributed by atoms with Gasteiger partial charge in [0.15, 0.2) is 0 Å². The summed E-state index contributed by atoms with van der Waals surface area (Å²) >= 11 is 0. The summed E-state index contributed by atoms with van der Waals surface area (Å²) in [4.78, 5) is 2.85. The Morgan fingerprint density at radius 2 is 1.85 bits per heavy atom. The Bertz CT molecular complexity index is 285. The molecule has 3 atom stereocenters. The van der Waals surface area contributed by atoms with E-state index in [-0.39, 0.29) is 0 Å². The Kier molecular flexibility index (Phi) is 5.92. The summed E-state index contributed by atoms with van der Waals surface area (Å²) in [6.07, 6.45) is 9.76. The zero-order valence-electron chi connectivity index (χ0n) is 14.3. The first-order chi connectivity index (χ1) is 9.68. The molecule has 1 saturated heterocycles.